The summed E-state index contributed by atoms with van der Waals surface area (Å²) < 4.78 is 5.51. The predicted octanol–water partition coefficient (Wildman–Crippen LogP) is 4.25. The van der Waals surface area contributed by atoms with Crippen LogP contribution in [-0.2, 0) is 9.59 Å². The van der Waals surface area contributed by atoms with Crippen LogP contribution in [0.15, 0.2) is 53.4 Å². The van der Waals surface area contributed by atoms with Gasteiger partial charge in [0.2, 0.25) is 11.8 Å². The molecule has 2 amide bonds. The van der Waals surface area contributed by atoms with Crippen LogP contribution in [0.4, 0.5) is 5.69 Å². The zero-order valence-electron chi connectivity index (χ0n) is 15.9. The smallest absolute Gasteiger partial charge is 0.238 e. The lowest BCUT2D eigenvalue weighted by Crippen LogP contribution is -2.37. The topological polar surface area (TPSA) is 58.6 Å². The molecule has 0 aromatic heterocycles. The van der Waals surface area contributed by atoms with E-state index >= 15 is 0 Å². The number of carbonyl (C=O) groups excluding carboxylic acids is 2. The van der Waals surface area contributed by atoms with E-state index in [0.29, 0.717) is 6.61 Å². The molecule has 0 radical (unpaired) electrons. The van der Waals surface area contributed by atoms with Crippen LogP contribution < -0.4 is 10.1 Å². The monoisotopic (exact) mass is 396 g/mol. The number of nitrogens with zero attached hydrogens (tertiary/aromatic N) is 1. The highest BCUT2D eigenvalue weighted by molar-refractivity contribution is 8.01. The maximum absolute atomic E-state index is 13.0. The van der Waals surface area contributed by atoms with Gasteiger partial charge in [-0.05, 0) is 49.6 Å². The second-order valence-corrected chi connectivity index (χ2v) is 8.29. The van der Waals surface area contributed by atoms with Crippen molar-refractivity contribution in [3.63, 3.8) is 0 Å². The second kappa shape index (κ2) is 8.27. The average Bonchev–Trinajstić information content (AvgIpc) is 3.19. The lowest BCUT2D eigenvalue weighted by atomic mass is 10.0. The van der Waals surface area contributed by atoms with Gasteiger partial charge in [-0.1, -0.05) is 24.3 Å². The van der Waals surface area contributed by atoms with Crippen molar-refractivity contribution in [2.24, 2.45) is 0 Å². The number of amides is 2. The summed E-state index contributed by atoms with van der Waals surface area (Å²) in [5.74, 6) is 0.799. The molecule has 2 aromatic rings. The summed E-state index contributed by atoms with van der Waals surface area (Å²) in [6, 6.07) is 15.8. The minimum Gasteiger partial charge on any atom is -0.494 e. The molecule has 2 aliphatic heterocycles. The van der Waals surface area contributed by atoms with E-state index in [-0.39, 0.29) is 29.5 Å². The van der Waals surface area contributed by atoms with Gasteiger partial charge in [-0.25, -0.2) is 0 Å². The number of nitrogens with one attached hydrogen (secondary N) is 1. The fourth-order valence-corrected chi connectivity index (χ4v) is 4.97. The first-order chi connectivity index (χ1) is 13.7. The number of benzene rings is 2. The van der Waals surface area contributed by atoms with E-state index in [1.54, 1.807) is 0 Å². The van der Waals surface area contributed by atoms with Gasteiger partial charge in [-0.15, -0.1) is 11.8 Å². The molecule has 0 saturated carbocycles. The maximum Gasteiger partial charge on any atom is 0.238 e. The van der Waals surface area contributed by atoms with E-state index in [4.69, 9.17) is 4.74 Å². The van der Waals surface area contributed by atoms with Crippen molar-refractivity contribution in [1.82, 2.24) is 4.90 Å². The van der Waals surface area contributed by atoms with Crippen molar-refractivity contribution >= 4 is 29.3 Å². The zero-order valence-corrected chi connectivity index (χ0v) is 16.7. The molecule has 2 atom stereocenters. The van der Waals surface area contributed by atoms with Crippen LogP contribution in [0.25, 0.3) is 0 Å². The molecule has 4 rings (SSSR count). The Kier molecular flexibility index (Phi) is 5.57. The Hall–Kier alpha value is -2.47. The SMILES string of the molecule is CCOc1ccc([C@@H]2CCCN2C(=O)C[C@H]2Sc3ccccc3NC2=O)cc1. The molecule has 0 unspecified atom stereocenters. The maximum atomic E-state index is 13.0. The van der Waals surface area contributed by atoms with Crippen LogP contribution in [0.1, 0.15) is 37.8 Å². The van der Waals surface area contributed by atoms with Gasteiger partial charge in [0.15, 0.2) is 0 Å². The standard InChI is InChI=1S/C22H24N2O3S/c1-2-27-16-11-9-15(10-12-16)18-7-5-13-24(18)21(25)14-20-22(26)23-17-6-3-4-8-19(17)28-20/h3-4,6,8-12,18,20H,2,5,7,13-14H2,1H3,(H,23,26)/t18-,20+/m0/s1. The first kappa shape index (κ1) is 18.9. The molecule has 28 heavy (non-hydrogen) atoms. The highest BCUT2D eigenvalue weighted by Crippen LogP contribution is 2.38. The largest absolute Gasteiger partial charge is 0.494 e. The van der Waals surface area contributed by atoms with Crippen molar-refractivity contribution in [3.05, 3.63) is 54.1 Å². The predicted molar refractivity (Wildman–Crippen MR) is 111 cm³/mol. The third kappa shape index (κ3) is 3.87. The summed E-state index contributed by atoms with van der Waals surface area (Å²) in [6.45, 7) is 3.34. The lowest BCUT2D eigenvalue weighted by Gasteiger charge is -2.28. The van der Waals surface area contributed by atoms with Gasteiger partial charge in [0, 0.05) is 17.9 Å². The number of anilines is 1. The van der Waals surface area contributed by atoms with Gasteiger partial charge >= 0.3 is 0 Å². The Bertz CT molecular complexity index is 868. The van der Waals surface area contributed by atoms with Crippen molar-refractivity contribution in [2.45, 2.75) is 42.4 Å². The van der Waals surface area contributed by atoms with E-state index in [1.165, 1.54) is 11.8 Å². The van der Waals surface area contributed by atoms with E-state index in [0.717, 1.165) is 41.3 Å². The number of thioether (sulfide) groups is 1. The molecule has 1 saturated heterocycles. The molecule has 0 aliphatic carbocycles. The van der Waals surface area contributed by atoms with E-state index in [2.05, 4.69) is 5.32 Å². The normalized spacial score (nSPS) is 21.2. The van der Waals surface area contributed by atoms with Gasteiger partial charge in [0.25, 0.3) is 0 Å². The first-order valence-corrected chi connectivity index (χ1v) is 10.6. The Morgan fingerprint density at radius 1 is 1.21 bits per heavy atom. The number of hydrogen-bond acceptors (Lipinski definition) is 4. The summed E-state index contributed by atoms with van der Waals surface area (Å²) in [6.07, 6.45) is 2.15. The zero-order chi connectivity index (χ0) is 19.5. The molecular formula is C22H24N2O3S. The van der Waals surface area contributed by atoms with Crippen LogP contribution >= 0.6 is 11.8 Å². The molecule has 2 heterocycles. The molecule has 146 valence electrons. The van der Waals surface area contributed by atoms with Crippen LogP contribution in [0, 0.1) is 0 Å². The van der Waals surface area contributed by atoms with Crippen LogP contribution in [0.2, 0.25) is 0 Å². The average molecular weight is 397 g/mol. The van der Waals surface area contributed by atoms with E-state index in [9.17, 15) is 9.59 Å². The minimum atomic E-state index is -0.385. The molecule has 5 nitrogen and oxygen atoms in total. The molecule has 1 N–H and O–H groups in total. The van der Waals surface area contributed by atoms with Crippen molar-refractivity contribution in [2.75, 3.05) is 18.5 Å². The summed E-state index contributed by atoms with van der Waals surface area (Å²) in [5.41, 5.74) is 1.95. The Labute approximate surface area is 169 Å². The number of hydrogen-bond donors (Lipinski definition) is 1. The summed E-state index contributed by atoms with van der Waals surface area (Å²) in [7, 11) is 0. The van der Waals surface area contributed by atoms with E-state index in [1.807, 2.05) is 60.4 Å². The molecule has 0 spiro atoms. The third-order valence-corrected chi connectivity index (χ3v) is 6.49. The molecule has 6 heteroatoms. The Morgan fingerprint density at radius 2 is 2.00 bits per heavy atom. The number of fused-ring (bicyclic) bond motifs is 1. The lowest BCUT2D eigenvalue weighted by molar-refractivity contribution is -0.133. The van der Waals surface area contributed by atoms with Gasteiger partial charge < -0.3 is 15.0 Å². The summed E-state index contributed by atoms with van der Waals surface area (Å²) in [4.78, 5) is 28.4. The summed E-state index contributed by atoms with van der Waals surface area (Å²) in [5, 5.41) is 2.54. The number of ether oxygens (including phenoxy) is 1. The minimum absolute atomic E-state index is 0.0448. The highest BCUT2D eigenvalue weighted by atomic mass is 32.2. The number of likely N-dealkylation sites (tertiary alicyclic amines) is 1. The van der Waals surface area contributed by atoms with Crippen LogP contribution in [0.5, 0.6) is 5.75 Å². The summed E-state index contributed by atoms with van der Waals surface area (Å²) >= 11 is 1.48. The second-order valence-electron chi connectivity index (χ2n) is 7.04. The van der Waals surface area contributed by atoms with Crippen LogP contribution in [0.3, 0.4) is 0 Å². The fourth-order valence-electron chi connectivity index (χ4n) is 3.87. The third-order valence-electron chi connectivity index (χ3n) is 5.22. The molecule has 2 aromatic carbocycles. The molecule has 1 fully saturated rings. The Balaban J connectivity index is 1.44. The fraction of sp³-hybridized carbons (Fsp3) is 0.364. The highest BCUT2D eigenvalue weighted by Gasteiger charge is 2.34. The molecule has 0 bridgehead atoms. The van der Waals surface area contributed by atoms with Crippen molar-refractivity contribution in [3.8, 4) is 5.75 Å². The van der Waals surface area contributed by atoms with Gasteiger partial charge in [0.05, 0.1) is 23.6 Å². The number of rotatable bonds is 5. The first-order valence-electron chi connectivity index (χ1n) is 9.74. The quantitative estimate of drug-likeness (QED) is 0.821. The van der Waals surface area contributed by atoms with Gasteiger partial charge in [-0.3, -0.25) is 9.59 Å². The molecule has 2 aliphatic rings. The molecular weight excluding hydrogens is 372 g/mol. The van der Waals surface area contributed by atoms with Crippen molar-refractivity contribution < 1.29 is 14.3 Å². The number of carbonyl (C=O) groups is 2. The van der Waals surface area contributed by atoms with Gasteiger partial charge in [0.1, 0.15) is 5.75 Å². The van der Waals surface area contributed by atoms with Crippen molar-refractivity contribution in [1.29, 1.82) is 0 Å². The van der Waals surface area contributed by atoms with Crippen LogP contribution in [-0.4, -0.2) is 35.1 Å². The number of para-hydroxylation sites is 1. The Morgan fingerprint density at radius 3 is 2.79 bits per heavy atom. The van der Waals surface area contributed by atoms with Gasteiger partial charge in [-0.2, -0.15) is 0 Å². The van der Waals surface area contributed by atoms with E-state index < -0.39 is 0 Å².